The molecule has 0 spiro atoms. The first kappa shape index (κ1) is 13.1. The van der Waals surface area contributed by atoms with Crippen LogP contribution in [0.15, 0.2) is 11.4 Å². The summed E-state index contributed by atoms with van der Waals surface area (Å²) < 4.78 is 0. The van der Waals surface area contributed by atoms with Crippen LogP contribution in [0.4, 0.5) is 0 Å². The van der Waals surface area contributed by atoms with Gasteiger partial charge in [0.25, 0.3) is 0 Å². The molecule has 2 aliphatic rings. The summed E-state index contributed by atoms with van der Waals surface area (Å²) in [5.74, 6) is 0.999. The average Bonchev–Trinajstić information content (AvgIpc) is 3.11. The maximum atomic E-state index is 12.5. The van der Waals surface area contributed by atoms with Gasteiger partial charge in [0.2, 0.25) is 5.91 Å². The first-order chi connectivity index (χ1) is 9.16. The Kier molecular flexibility index (Phi) is 3.63. The molecule has 1 aliphatic heterocycles. The van der Waals surface area contributed by atoms with Crippen molar-refractivity contribution in [2.45, 2.75) is 51.1 Å². The molecular formula is C15H22N2OS. The minimum absolute atomic E-state index is 0.116. The highest BCUT2D eigenvalue weighted by Gasteiger charge is 2.41. The van der Waals surface area contributed by atoms with Crippen molar-refractivity contribution in [3.8, 4) is 0 Å². The number of thiophene rings is 1. The molecule has 104 valence electrons. The van der Waals surface area contributed by atoms with Crippen LogP contribution in [-0.2, 0) is 11.2 Å². The largest absolute Gasteiger partial charge is 0.335 e. The number of nitrogens with zero attached hydrogens (tertiary/aromatic N) is 1. The predicted octanol–water partition coefficient (Wildman–Crippen LogP) is 2.71. The van der Waals surface area contributed by atoms with Gasteiger partial charge < -0.3 is 10.6 Å². The van der Waals surface area contributed by atoms with Crippen LogP contribution in [0.5, 0.6) is 0 Å². The fraction of sp³-hybridized carbons (Fsp3) is 0.667. The Morgan fingerprint density at radius 3 is 3.05 bits per heavy atom. The number of hydrogen-bond acceptors (Lipinski definition) is 3. The van der Waals surface area contributed by atoms with E-state index in [9.17, 15) is 4.79 Å². The van der Waals surface area contributed by atoms with Gasteiger partial charge in [0, 0.05) is 23.9 Å². The third-order valence-corrected chi connectivity index (χ3v) is 5.21. The van der Waals surface area contributed by atoms with E-state index in [2.05, 4.69) is 16.3 Å². The van der Waals surface area contributed by atoms with Crippen LogP contribution in [-0.4, -0.2) is 23.4 Å². The molecule has 1 saturated carbocycles. The molecule has 1 fully saturated rings. The molecule has 2 heterocycles. The standard InChI is InChI=1S/C15H22N2OS/c1-10(16)2-5-14(18)17-8-6-13-12(7-9-19-13)15(17)11-3-4-11/h7,9-11,15H,2-6,8,16H2,1H3. The first-order valence-corrected chi connectivity index (χ1v) is 8.16. The summed E-state index contributed by atoms with van der Waals surface area (Å²) in [7, 11) is 0. The van der Waals surface area contributed by atoms with Gasteiger partial charge in [-0.05, 0) is 55.5 Å². The van der Waals surface area contributed by atoms with Gasteiger partial charge in [0.05, 0.1) is 6.04 Å². The molecule has 0 bridgehead atoms. The molecule has 2 unspecified atom stereocenters. The molecule has 1 aliphatic carbocycles. The zero-order valence-electron chi connectivity index (χ0n) is 11.5. The summed E-state index contributed by atoms with van der Waals surface area (Å²) >= 11 is 1.85. The van der Waals surface area contributed by atoms with Crippen LogP contribution in [0, 0.1) is 5.92 Å². The lowest BCUT2D eigenvalue weighted by Crippen LogP contribution is -2.40. The van der Waals surface area contributed by atoms with Crippen LogP contribution in [0.2, 0.25) is 0 Å². The van der Waals surface area contributed by atoms with Gasteiger partial charge in [0.1, 0.15) is 0 Å². The van der Waals surface area contributed by atoms with E-state index in [1.54, 1.807) is 0 Å². The van der Waals surface area contributed by atoms with Gasteiger partial charge in [-0.2, -0.15) is 0 Å². The van der Waals surface area contributed by atoms with Crippen LogP contribution < -0.4 is 5.73 Å². The minimum atomic E-state index is 0.116. The SMILES string of the molecule is CC(N)CCC(=O)N1CCc2sccc2C1C1CC1. The van der Waals surface area contributed by atoms with Crippen LogP contribution in [0.3, 0.4) is 0 Å². The molecule has 2 atom stereocenters. The van der Waals surface area contributed by atoms with E-state index in [1.165, 1.54) is 23.3 Å². The van der Waals surface area contributed by atoms with Crippen molar-refractivity contribution in [3.63, 3.8) is 0 Å². The number of fused-ring (bicyclic) bond motifs is 1. The first-order valence-electron chi connectivity index (χ1n) is 7.28. The van der Waals surface area contributed by atoms with Crippen LogP contribution in [0.1, 0.15) is 49.1 Å². The maximum Gasteiger partial charge on any atom is 0.223 e. The van der Waals surface area contributed by atoms with E-state index in [4.69, 9.17) is 5.73 Å². The number of hydrogen-bond donors (Lipinski definition) is 1. The molecule has 1 amide bonds. The fourth-order valence-corrected chi connectivity index (χ4v) is 3.95. The third kappa shape index (κ3) is 2.70. The number of nitrogens with two attached hydrogens (primary N) is 1. The lowest BCUT2D eigenvalue weighted by atomic mass is 9.95. The van der Waals surface area contributed by atoms with Crippen molar-refractivity contribution >= 4 is 17.2 Å². The third-order valence-electron chi connectivity index (χ3n) is 4.22. The zero-order chi connectivity index (χ0) is 13.4. The molecule has 1 aromatic heterocycles. The van der Waals surface area contributed by atoms with Crippen molar-refractivity contribution < 1.29 is 4.79 Å². The normalized spacial score (nSPS) is 24.1. The molecular weight excluding hydrogens is 256 g/mol. The van der Waals surface area contributed by atoms with Gasteiger partial charge >= 0.3 is 0 Å². The summed E-state index contributed by atoms with van der Waals surface area (Å²) in [6.07, 6.45) is 4.97. The predicted molar refractivity (Wildman–Crippen MR) is 78.1 cm³/mol. The van der Waals surface area contributed by atoms with Crippen molar-refractivity contribution in [2.75, 3.05) is 6.54 Å². The Balaban J connectivity index is 1.76. The second kappa shape index (κ2) is 5.25. The molecule has 3 rings (SSSR count). The second-order valence-corrected chi connectivity index (χ2v) is 6.94. The molecule has 3 nitrogen and oxygen atoms in total. The van der Waals surface area contributed by atoms with E-state index in [0.29, 0.717) is 24.3 Å². The monoisotopic (exact) mass is 278 g/mol. The number of rotatable bonds is 4. The molecule has 4 heteroatoms. The summed E-state index contributed by atoms with van der Waals surface area (Å²) in [6, 6.07) is 2.70. The maximum absolute atomic E-state index is 12.5. The molecule has 19 heavy (non-hydrogen) atoms. The van der Waals surface area contributed by atoms with E-state index < -0.39 is 0 Å². The Morgan fingerprint density at radius 2 is 2.37 bits per heavy atom. The van der Waals surface area contributed by atoms with E-state index in [-0.39, 0.29) is 6.04 Å². The summed E-state index contributed by atoms with van der Waals surface area (Å²) in [5.41, 5.74) is 7.19. The molecule has 0 aromatic carbocycles. The fourth-order valence-electron chi connectivity index (χ4n) is 3.04. The summed E-state index contributed by atoms with van der Waals surface area (Å²) in [5, 5.41) is 2.18. The van der Waals surface area contributed by atoms with Gasteiger partial charge in [0.15, 0.2) is 0 Å². The smallest absolute Gasteiger partial charge is 0.223 e. The van der Waals surface area contributed by atoms with Crippen molar-refractivity contribution in [3.05, 3.63) is 21.9 Å². The van der Waals surface area contributed by atoms with Crippen LogP contribution in [0.25, 0.3) is 0 Å². The van der Waals surface area contributed by atoms with E-state index in [1.807, 2.05) is 18.3 Å². The average molecular weight is 278 g/mol. The molecule has 2 N–H and O–H groups in total. The Hall–Kier alpha value is -0.870. The lowest BCUT2D eigenvalue weighted by molar-refractivity contribution is -0.134. The van der Waals surface area contributed by atoms with Gasteiger partial charge in [-0.3, -0.25) is 4.79 Å². The highest BCUT2D eigenvalue weighted by atomic mass is 32.1. The quantitative estimate of drug-likeness (QED) is 0.920. The van der Waals surface area contributed by atoms with Crippen molar-refractivity contribution in [2.24, 2.45) is 11.7 Å². The van der Waals surface area contributed by atoms with Gasteiger partial charge in [-0.25, -0.2) is 0 Å². The summed E-state index contributed by atoms with van der Waals surface area (Å²) in [6.45, 7) is 2.87. The lowest BCUT2D eigenvalue weighted by Gasteiger charge is -2.36. The second-order valence-electron chi connectivity index (χ2n) is 5.93. The number of carbonyl (C=O) groups excluding carboxylic acids is 1. The van der Waals surface area contributed by atoms with Crippen molar-refractivity contribution in [1.82, 2.24) is 4.90 Å². The van der Waals surface area contributed by atoms with Gasteiger partial charge in [-0.1, -0.05) is 0 Å². The highest BCUT2D eigenvalue weighted by Crippen LogP contribution is 2.48. The van der Waals surface area contributed by atoms with Crippen LogP contribution >= 0.6 is 11.3 Å². The topological polar surface area (TPSA) is 46.3 Å². The number of amides is 1. The van der Waals surface area contributed by atoms with E-state index in [0.717, 1.165) is 19.4 Å². The van der Waals surface area contributed by atoms with Crippen molar-refractivity contribution in [1.29, 1.82) is 0 Å². The molecule has 0 radical (unpaired) electrons. The highest BCUT2D eigenvalue weighted by molar-refractivity contribution is 7.10. The van der Waals surface area contributed by atoms with Gasteiger partial charge in [-0.15, -0.1) is 11.3 Å². The number of carbonyl (C=O) groups is 1. The Labute approximate surface area is 118 Å². The molecule has 0 saturated heterocycles. The minimum Gasteiger partial charge on any atom is -0.335 e. The summed E-state index contributed by atoms with van der Waals surface area (Å²) in [4.78, 5) is 16.1. The molecule has 1 aromatic rings. The Morgan fingerprint density at radius 1 is 1.58 bits per heavy atom. The van der Waals surface area contributed by atoms with E-state index >= 15 is 0 Å². The zero-order valence-corrected chi connectivity index (χ0v) is 12.3. The Bertz CT molecular complexity index is 464.